The van der Waals surface area contributed by atoms with Gasteiger partial charge in [-0.25, -0.2) is 9.59 Å². The molecule has 0 atom stereocenters. The Kier molecular flexibility index (Phi) is 4.45. The van der Waals surface area contributed by atoms with E-state index in [-0.39, 0.29) is 11.4 Å². The molecule has 0 aliphatic heterocycles. The fourth-order valence-electron chi connectivity index (χ4n) is 2.41. The maximum atomic E-state index is 10.6. The van der Waals surface area contributed by atoms with Gasteiger partial charge in [0.1, 0.15) is 11.4 Å². The summed E-state index contributed by atoms with van der Waals surface area (Å²) >= 11 is 5.75. The van der Waals surface area contributed by atoms with Gasteiger partial charge in [-0.05, 0) is 36.4 Å². The second-order valence-corrected chi connectivity index (χ2v) is 5.73. The van der Waals surface area contributed by atoms with Crippen LogP contribution in [0.3, 0.4) is 0 Å². The third-order valence-electron chi connectivity index (χ3n) is 3.57. The number of hydrogen-bond donors (Lipinski definition) is 4. The van der Waals surface area contributed by atoms with Crippen LogP contribution in [-0.4, -0.2) is 32.1 Å². The molecule has 0 amide bonds. The third-order valence-corrected chi connectivity index (χ3v) is 3.81. The molecule has 25 heavy (non-hydrogen) atoms. The highest BCUT2D eigenvalue weighted by Crippen LogP contribution is 2.19. The number of carboxylic acids is 2. The van der Waals surface area contributed by atoms with Crippen molar-refractivity contribution in [2.24, 2.45) is 0 Å². The second kappa shape index (κ2) is 6.70. The van der Waals surface area contributed by atoms with Gasteiger partial charge in [-0.3, -0.25) is 0 Å². The van der Waals surface area contributed by atoms with E-state index < -0.39 is 11.9 Å². The van der Waals surface area contributed by atoms with Crippen LogP contribution in [0.25, 0.3) is 21.8 Å². The fourth-order valence-corrected chi connectivity index (χ4v) is 2.59. The van der Waals surface area contributed by atoms with Crippen LogP contribution in [0.1, 0.15) is 21.0 Å². The van der Waals surface area contributed by atoms with Gasteiger partial charge in [-0.15, -0.1) is 0 Å². The smallest absolute Gasteiger partial charge is 0.352 e. The lowest BCUT2D eigenvalue weighted by atomic mass is 10.2. The Morgan fingerprint density at radius 2 is 1.32 bits per heavy atom. The summed E-state index contributed by atoms with van der Waals surface area (Å²) in [4.78, 5) is 26.7. The molecule has 0 radical (unpaired) electrons. The lowest BCUT2D eigenvalue weighted by Gasteiger charge is -1.88. The van der Waals surface area contributed by atoms with Gasteiger partial charge < -0.3 is 20.2 Å². The molecule has 0 saturated heterocycles. The van der Waals surface area contributed by atoms with Gasteiger partial charge in [0.2, 0.25) is 0 Å². The minimum Gasteiger partial charge on any atom is -0.477 e. The number of benzene rings is 2. The second-order valence-electron chi connectivity index (χ2n) is 5.30. The van der Waals surface area contributed by atoms with Crippen LogP contribution < -0.4 is 0 Å². The van der Waals surface area contributed by atoms with Crippen LogP contribution >= 0.6 is 11.6 Å². The van der Waals surface area contributed by atoms with Gasteiger partial charge in [0.15, 0.2) is 0 Å². The number of rotatable bonds is 2. The van der Waals surface area contributed by atoms with E-state index >= 15 is 0 Å². The monoisotopic (exact) mass is 356 g/mol. The first kappa shape index (κ1) is 16.6. The number of nitrogens with one attached hydrogen (secondary N) is 2. The highest BCUT2D eigenvalue weighted by molar-refractivity contribution is 6.31. The van der Waals surface area contributed by atoms with Gasteiger partial charge in [0.25, 0.3) is 0 Å². The Balaban J connectivity index is 0.000000146. The summed E-state index contributed by atoms with van der Waals surface area (Å²) in [5, 5.41) is 19.7. The average Bonchev–Trinajstić information content (AvgIpc) is 3.18. The third kappa shape index (κ3) is 3.64. The zero-order chi connectivity index (χ0) is 18.0. The van der Waals surface area contributed by atoms with E-state index in [4.69, 9.17) is 21.8 Å². The number of para-hydroxylation sites is 1. The molecule has 2 aromatic carbocycles. The number of carbonyl (C=O) groups is 2. The van der Waals surface area contributed by atoms with E-state index in [0.29, 0.717) is 5.02 Å². The SMILES string of the molecule is O=C(O)c1cc2cc(Cl)ccc2[nH]1.O=C(O)c1cc2ccccc2[nH]1. The molecule has 0 bridgehead atoms. The lowest BCUT2D eigenvalue weighted by molar-refractivity contribution is 0.0681. The largest absolute Gasteiger partial charge is 0.477 e. The van der Waals surface area contributed by atoms with E-state index in [1.807, 2.05) is 24.3 Å². The molecule has 0 aliphatic carbocycles. The van der Waals surface area contributed by atoms with E-state index in [9.17, 15) is 9.59 Å². The van der Waals surface area contributed by atoms with Crippen molar-refractivity contribution in [1.29, 1.82) is 0 Å². The minimum absolute atomic E-state index is 0.178. The van der Waals surface area contributed by atoms with Crippen molar-refractivity contribution in [2.45, 2.75) is 0 Å². The lowest BCUT2D eigenvalue weighted by Crippen LogP contribution is -1.94. The number of hydrogen-bond acceptors (Lipinski definition) is 2. The first-order chi connectivity index (χ1) is 11.9. The molecule has 0 spiro atoms. The van der Waals surface area contributed by atoms with Crippen molar-refractivity contribution in [2.75, 3.05) is 0 Å². The van der Waals surface area contributed by atoms with Crippen molar-refractivity contribution in [3.8, 4) is 0 Å². The summed E-state index contributed by atoms with van der Waals surface area (Å²) in [6.45, 7) is 0. The van der Waals surface area contributed by atoms with Gasteiger partial charge >= 0.3 is 11.9 Å². The Labute approximate surface area is 146 Å². The summed E-state index contributed by atoms with van der Waals surface area (Å²) in [5.74, 6) is -1.89. The standard InChI is InChI=1S/C9H6ClNO2.C9H7NO2/c10-6-1-2-7-5(3-6)4-8(11-7)9(12)13;11-9(12)8-5-6-3-1-2-4-7(6)10-8/h1-4,11H,(H,12,13);1-5,10H,(H,11,12). The number of carboxylic acid groups (broad SMARTS) is 2. The molecule has 4 aromatic rings. The van der Waals surface area contributed by atoms with Crippen LogP contribution in [0.5, 0.6) is 0 Å². The highest BCUT2D eigenvalue weighted by atomic mass is 35.5. The summed E-state index contributed by atoms with van der Waals surface area (Å²) in [5.41, 5.74) is 2.05. The maximum Gasteiger partial charge on any atom is 0.352 e. The molecule has 4 N–H and O–H groups in total. The molecule has 0 aliphatic rings. The van der Waals surface area contributed by atoms with E-state index in [0.717, 1.165) is 21.8 Å². The summed E-state index contributed by atoms with van der Waals surface area (Å²) in [7, 11) is 0. The molecule has 0 fully saturated rings. The van der Waals surface area contributed by atoms with Crippen molar-refractivity contribution in [3.63, 3.8) is 0 Å². The topological polar surface area (TPSA) is 106 Å². The number of H-pyrrole nitrogens is 2. The fraction of sp³-hybridized carbons (Fsp3) is 0. The first-order valence-electron chi connectivity index (χ1n) is 7.26. The highest BCUT2D eigenvalue weighted by Gasteiger charge is 2.07. The zero-order valence-electron chi connectivity index (χ0n) is 12.8. The van der Waals surface area contributed by atoms with Crippen molar-refractivity contribution in [3.05, 3.63) is 71.0 Å². The molecular weight excluding hydrogens is 344 g/mol. The molecule has 0 saturated carbocycles. The van der Waals surface area contributed by atoms with Crippen molar-refractivity contribution >= 4 is 45.3 Å². The predicted molar refractivity (Wildman–Crippen MR) is 95.5 cm³/mol. The molecule has 2 heterocycles. The molecule has 2 aromatic heterocycles. The van der Waals surface area contributed by atoms with Crippen molar-refractivity contribution < 1.29 is 19.8 Å². The van der Waals surface area contributed by atoms with E-state index in [1.165, 1.54) is 0 Å². The zero-order valence-corrected chi connectivity index (χ0v) is 13.5. The van der Waals surface area contributed by atoms with Crippen LogP contribution in [0.4, 0.5) is 0 Å². The summed E-state index contributed by atoms with van der Waals surface area (Å²) in [6, 6.07) is 15.8. The summed E-state index contributed by atoms with van der Waals surface area (Å²) < 4.78 is 0. The molecule has 4 rings (SSSR count). The van der Waals surface area contributed by atoms with Crippen LogP contribution in [-0.2, 0) is 0 Å². The van der Waals surface area contributed by atoms with Crippen LogP contribution in [0.15, 0.2) is 54.6 Å². The Bertz CT molecular complexity index is 1050. The predicted octanol–water partition coefficient (Wildman–Crippen LogP) is 4.39. The molecule has 0 unspecified atom stereocenters. The molecule has 6 nitrogen and oxygen atoms in total. The average molecular weight is 357 g/mol. The van der Waals surface area contributed by atoms with E-state index in [2.05, 4.69) is 9.97 Å². The Hall–Kier alpha value is -3.25. The Morgan fingerprint density at radius 3 is 1.92 bits per heavy atom. The number of aromatic amines is 2. The molecule has 7 heteroatoms. The number of halogens is 1. The molecular formula is C18H13ClN2O4. The van der Waals surface area contributed by atoms with Crippen molar-refractivity contribution in [1.82, 2.24) is 9.97 Å². The van der Waals surface area contributed by atoms with E-state index in [1.54, 1.807) is 30.3 Å². The van der Waals surface area contributed by atoms with Crippen LogP contribution in [0, 0.1) is 0 Å². The number of fused-ring (bicyclic) bond motifs is 2. The Morgan fingerprint density at radius 1 is 0.760 bits per heavy atom. The minimum atomic E-state index is -0.965. The van der Waals surface area contributed by atoms with Crippen LogP contribution in [0.2, 0.25) is 5.02 Å². The number of aromatic carboxylic acids is 2. The first-order valence-corrected chi connectivity index (χ1v) is 7.64. The molecule has 126 valence electrons. The van der Waals surface area contributed by atoms with Gasteiger partial charge in [-0.1, -0.05) is 29.8 Å². The normalized spacial score (nSPS) is 10.4. The maximum absolute atomic E-state index is 10.6. The number of aromatic nitrogens is 2. The van der Waals surface area contributed by atoms with Gasteiger partial charge in [0.05, 0.1) is 0 Å². The quantitative estimate of drug-likeness (QED) is 0.427. The summed E-state index contributed by atoms with van der Waals surface area (Å²) in [6.07, 6.45) is 0. The van der Waals surface area contributed by atoms with Gasteiger partial charge in [-0.2, -0.15) is 0 Å². The van der Waals surface area contributed by atoms with Gasteiger partial charge in [0, 0.05) is 26.8 Å².